The molecule has 1 amide bonds. The number of nitrogens with zero attached hydrogens (tertiary/aromatic N) is 4. The van der Waals surface area contributed by atoms with Crippen molar-refractivity contribution in [2.45, 2.75) is 13.0 Å². The van der Waals surface area contributed by atoms with Crippen LogP contribution >= 0.6 is 0 Å². The third-order valence-corrected chi connectivity index (χ3v) is 7.25. The Balaban J connectivity index is 1.41. The first-order valence-electron chi connectivity index (χ1n) is 12.1. The van der Waals surface area contributed by atoms with E-state index in [9.17, 15) is 14.0 Å². The maximum Gasteiger partial charge on any atom is 0.337 e. The van der Waals surface area contributed by atoms with Crippen molar-refractivity contribution >= 4 is 22.8 Å². The van der Waals surface area contributed by atoms with Crippen LogP contribution in [-0.2, 0) is 17.7 Å². The van der Waals surface area contributed by atoms with Gasteiger partial charge in [-0.05, 0) is 42.9 Å². The second-order valence-corrected chi connectivity index (χ2v) is 9.44. The number of esters is 1. The molecule has 3 heterocycles. The van der Waals surface area contributed by atoms with Gasteiger partial charge in [0.25, 0.3) is 5.91 Å². The number of rotatable bonds is 6. The minimum Gasteiger partial charge on any atom is -0.465 e. The Morgan fingerprint density at radius 2 is 1.74 bits per heavy atom. The van der Waals surface area contributed by atoms with E-state index in [1.165, 1.54) is 19.2 Å². The SMILES string of the molecule is COC(=O)c1ccc(Cn2c3c(c4cc(F)ccc42)C(=O)N(CCN2CCN(C)CC2)CC3)cc1. The van der Waals surface area contributed by atoms with Crippen LogP contribution in [0.25, 0.3) is 10.9 Å². The van der Waals surface area contributed by atoms with Gasteiger partial charge in [0.2, 0.25) is 0 Å². The van der Waals surface area contributed by atoms with Crippen molar-refractivity contribution in [2.75, 3.05) is 60.0 Å². The molecular weight excluding hydrogens is 447 g/mol. The van der Waals surface area contributed by atoms with E-state index in [-0.39, 0.29) is 17.7 Å². The van der Waals surface area contributed by atoms with E-state index < -0.39 is 0 Å². The highest BCUT2D eigenvalue weighted by Crippen LogP contribution is 2.32. The summed E-state index contributed by atoms with van der Waals surface area (Å²) in [4.78, 5) is 32.0. The van der Waals surface area contributed by atoms with Gasteiger partial charge >= 0.3 is 5.97 Å². The average molecular weight is 479 g/mol. The van der Waals surface area contributed by atoms with Crippen molar-refractivity contribution in [1.82, 2.24) is 19.3 Å². The first kappa shape index (κ1) is 23.5. The van der Waals surface area contributed by atoms with Crippen molar-refractivity contribution in [2.24, 2.45) is 0 Å². The maximum absolute atomic E-state index is 14.3. The van der Waals surface area contributed by atoms with Gasteiger partial charge in [-0.1, -0.05) is 12.1 Å². The molecule has 1 fully saturated rings. The molecule has 2 aliphatic heterocycles. The highest BCUT2D eigenvalue weighted by molar-refractivity contribution is 6.09. The molecule has 1 aromatic heterocycles. The topological polar surface area (TPSA) is 58.0 Å². The van der Waals surface area contributed by atoms with Crippen LogP contribution in [-0.4, -0.2) is 91.1 Å². The summed E-state index contributed by atoms with van der Waals surface area (Å²) < 4.78 is 21.2. The molecule has 0 N–H and O–H groups in total. The number of likely N-dealkylation sites (N-methyl/N-ethyl adjacent to an activating group) is 1. The van der Waals surface area contributed by atoms with Crippen LogP contribution in [0.2, 0.25) is 0 Å². The Hall–Kier alpha value is -3.23. The zero-order chi connectivity index (χ0) is 24.5. The van der Waals surface area contributed by atoms with Crippen molar-refractivity contribution in [3.63, 3.8) is 0 Å². The minimum atomic E-state index is -0.377. The molecular formula is C27H31FN4O3. The van der Waals surface area contributed by atoms with Crippen LogP contribution in [0, 0.1) is 5.82 Å². The second-order valence-electron chi connectivity index (χ2n) is 9.44. The Labute approximate surface area is 204 Å². The van der Waals surface area contributed by atoms with E-state index in [4.69, 9.17) is 4.74 Å². The summed E-state index contributed by atoms with van der Waals surface area (Å²) >= 11 is 0. The van der Waals surface area contributed by atoms with Gasteiger partial charge in [0.15, 0.2) is 0 Å². The number of methoxy groups -OCH3 is 1. The van der Waals surface area contributed by atoms with Gasteiger partial charge in [-0.15, -0.1) is 0 Å². The number of piperazine rings is 1. The zero-order valence-corrected chi connectivity index (χ0v) is 20.3. The molecule has 184 valence electrons. The molecule has 2 aromatic carbocycles. The zero-order valence-electron chi connectivity index (χ0n) is 20.3. The predicted octanol–water partition coefficient (Wildman–Crippen LogP) is 2.86. The number of ether oxygens (including phenoxy) is 1. The van der Waals surface area contributed by atoms with Gasteiger partial charge in [-0.2, -0.15) is 0 Å². The Morgan fingerprint density at radius 3 is 2.46 bits per heavy atom. The molecule has 7 nitrogen and oxygen atoms in total. The van der Waals surface area contributed by atoms with Crippen LogP contribution in [0.15, 0.2) is 42.5 Å². The van der Waals surface area contributed by atoms with Gasteiger partial charge in [0.1, 0.15) is 5.82 Å². The molecule has 0 atom stereocenters. The van der Waals surface area contributed by atoms with E-state index in [1.807, 2.05) is 17.0 Å². The lowest BCUT2D eigenvalue weighted by atomic mass is 10.0. The first-order chi connectivity index (χ1) is 16.9. The smallest absolute Gasteiger partial charge is 0.337 e. The average Bonchev–Trinajstić information content (AvgIpc) is 3.17. The predicted molar refractivity (Wildman–Crippen MR) is 132 cm³/mol. The Kier molecular flexibility index (Phi) is 6.58. The summed E-state index contributed by atoms with van der Waals surface area (Å²) in [6.45, 7) is 6.85. The lowest BCUT2D eigenvalue weighted by molar-refractivity contribution is 0.0600. The van der Waals surface area contributed by atoms with E-state index in [1.54, 1.807) is 18.2 Å². The fourth-order valence-electron chi connectivity index (χ4n) is 5.15. The highest BCUT2D eigenvalue weighted by atomic mass is 19.1. The van der Waals surface area contributed by atoms with Crippen molar-refractivity contribution in [3.8, 4) is 0 Å². The molecule has 0 saturated carbocycles. The van der Waals surface area contributed by atoms with E-state index in [0.717, 1.165) is 55.9 Å². The van der Waals surface area contributed by atoms with Crippen LogP contribution in [0.5, 0.6) is 0 Å². The molecule has 0 spiro atoms. The number of aromatic nitrogens is 1. The first-order valence-corrected chi connectivity index (χ1v) is 12.1. The van der Waals surface area contributed by atoms with Gasteiger partial charge in [-0.3, -0.25) is 9.69 Å². The largest absolute Gasteiger partial charge is 0.465 e. The summed E-state index contributed by atoms with van der Waals surface area (Å²) in [7, 11) is 3.49. The number of hydrogen-bond acceptors (Lipinski definition) is 5. The molecule has 2 aliphatic rings. The number of amides is 1. The number of carbonyl (C=O) groups excluding carboxylic acids is 2. The third-order valence-electron chi connectivity index (χ3n) is 7.25. The maximum atomic E-state index is 14.3. The fraction of sp³-hybridized carbons (Fsp3) is 0.407. The van der Waals surface area contributed by atoms with E-state index in [2.05, 4.69) is 21.4 Å². The summed E-state index contributed by atoms with van der Waals surface area (Å²) in [5.74, 6) is -0.740. The summed E-state index contributed by atoms with van der Waals surface area (Å²) in [6.07, 6.45) is 0.723. The molecule has 0 bridgehead atoms. The summed E-state index contributed by atoms with van der Waals surface area (Å²) in [5, 5.41) is 0.667. The number of benzene rings is 2. The van der Waals surface area contributed by atoms with Gasteiger partial charge in [0, 0.05) is 75.4 Å². The second kappa shape index (κ2) is 9.79. The van der Waals surface area contributed by atoms with Crippen LogP contribution in [0.4, 0.5) is 4.39 Å². The summed E-state index contributed by atoms with van der Waals surface area (Å²) in [6, 6.07) is 11.9. The number of hydrogen-bond donors (Lipinski definition) is 0. The monoisotopic (exact) mass is 478 g/mol. The number of halogens is 1. The molecule has 5 rings (SSSR count). The van der Waals surface area contributed by atoms with Crippen LogP contribution in [0.3, 0.4) is 0 Å². The van der Waals surface area contributed by atoms with Crippen molar-refractivity contribution in [1.29, 1.82) is 0 Å². The normalized spacial score (nSPS) is 17.1. The van der Waals surface area contributed by atoms with Crippen molar-refractivity contribution in [3.05, 3.63) is 70.7 Å². The molecule has 8 heteroatoms. The fourth-order valence-corrected chi connectivity index (χ4v) is 5.15. The lowest BCUT2D eigenvalue weighted by Gasteiger charge is -2.35. The molecule has 3 aromatic rings. The minimum absolute atomic E-state index is 0.0178. The van der Waals surface area contributed by atoms with E-state index in [0.29, 0.717) is 36.1 Å². The quantitative estimate of drug-likeness (QED) is 0.510. The summed E-state index contributed by atoms with van der Waals surface area (Å²) in [5.41, 5.74) is 3.90. The third kappa shape index (κ3) is 4.68. The molecule has 1 saturated heterocycles. The Morgan fingerprint density at radius 1 is 1.00 bits per heavy atom. The highest BCUT2D eigenvalue weighted by Gasteiger charge is 2.31. The lowest BCUT2D eigenvalue weighted by Crippen LogP contribution is -2.48. The number of fused-ring (bicyclic) bond motifs is 3. The van der Waals surface area contributed by atoms with Crippen molar-refractivity contribution < 1.29 is 18.7 Å². The van der Waals surface area contributed by atoms with E-state index >= 15 is 0 Å². The number of carbonyl (C=O) groups is 2. The van der Waals surface area contributed by atoms with Crippen LogP contribution in [0.1, 0.15) is 32.0 Å². The molecule has 35 heavy (non-hydrogen) atoms. The van der Waals surface area contributed by atoms with Gasteiger partial charge in [0.05, 0.1) is 18.2 Å². The standard InChI is InChI=1S/C27H31FN4O3/c1-29-11-13-30(14-12-29)15-16-31-10-9-24-25(26(31)33)22-17-21(28)7-8-23(22)32(24)18-19-3-5-20(6-4-19)27(34)35-2/h3-8,17H,9-16,18H2,1-2H3. The van der Waals surface area contributed by atoms with Crippen LogP contribution < -0.4 is 0 Å². The molecule has 0 aliphatic carbocycles. The molecule has 0 radical (unpaired) electrons. The van der Waals surface area contributed by atoms with Gasteiger partial charge in [-0.25, -0.2) is 9.18 Å². The van der Waals surface area contributed by atoms with Gasteiger partial charge < -0.3 is 19.1 Å². The molecule has 0 unspecified atom stereocenters. The Bertz CT molecular complexity index is 1250.